The van der Waals surface area contributed by atoms with Crippen LogP contribution >= 0.6 is 11.3 Å². The smallest absolute Gasteiger partial charge is 0.331 e. The first-order valence-electron chi connectivity index (χ1n) is 8.15. The van der Waals surface area contributed by atoms with E-state index in [9.17, 15) is 13.8 Å². The molecule has 0 bridgehead atoms. The van der Waals surface area contributed by atoms with E-state index in [0.717, 1.165) is 16.9 Å². The molecule has 136 valence electrons. The van der Waals surface area contributed by atoms with Crippen LogP contribution < -0.4 is 14.8 Å². The quantitative estimate of drug-likeness (QED) is 0.836. The van der Waals surface area contributed by atoms with E-state index in [4.69, 9.17) is 4.74 Å². The second kappa shape index (κ2) is 6.10. The minimum Gasteiger partial charge on any atom is -0.493 e. The summed E-state index contributed by atoms with van der Waals surface area (Å²) in [6.07, 6.45) is 0.693. The van der Waals surface area contributed by atoms with Gasteiger partial charge in [0.2, 0.25) is 0 Å². The first kappa shape index (κ1) is 17.0. The highest BCUT2D eigenvalue weighted by Crippen LogP contribution is 2.38. The zero-order chi connectivity index (χ0) is 18.5. The normalized spacial score (nSPS) is 20.3. The molecule has 2 aliphatic heterocycles. The van der Waals surface area contributed by atoms with Gasteiger partial charge in [-0.1, -0.05) is 19.9 Å². The number of hydrogen-bond acceptors (Lipinski definition) is 5. The van der Waals surface area contributed by atoms with Crippen molar-refractivity contribution >= 4 is 38.9 Å². The maximum absolute atomic E-state index is 13.0. The lowest BCUT2D eigenvalue weighted by Gasteiger charge is -2.18. The number of amides is 3. The third kappa shape index (κ3) is 2.67. The second-order valence-electron chi connectivity index (χ2n) is 6.35. The van der Waals surface area contributed by atoms with E-state index >= 15 is 0 Å². The minimum atomic E-state index is -3.29. The summed E-state index contributed by atoms with van der Waals surface area (Å²) in [6.45, 7) is 4.62. The molecule has 7 nitrogen and oxygen atoms in total. The molecule has 1 unspecified atom stereocenters. The number of urea groups is 1. The Morgan fingerprint density at radius 2 is 2.15 bits per heavy atom. The van der Waals surface area contributed by atoms with Gasteiger partial charge >= 0.3 is 6.03 Å². The van der Waals surface area contributed by atoms with Crippen molar-refractivity contribution in [3.05, 3.63) is 39.6 Å². The Morgan fingerprint density at radius 3 is 2.92 bits per heavy atom. The first-order valence-corrected chi connectivity index (χ1v) is 10.5. The summed E-state index contributed by atoms with van der Waals surface area (Å²) in [4.78, 5) is 25.0. The standard InChI is InChI=1S/C17H17N3O4S2/c1-9(2)10-3-4-12-11(5-7-24-12)14(10)18-17(22)20-26(23)13-6-8-25-15(13)16(21)19-26/h3-4,6,8-9H,5,7H2,1-2H3,(H2,18,19,20,21,22,23). The van der Waals surface area contributed by atoms with Crippen molar-refractivity contribution in [3.63, 3.8) is 0 Å². The molecule has 2 aliphatic rings. The van der Waals surface area contributed by atoms with Crippen LogP contribution in [0.2, 0.25) is 0 Å². The summed E-state index contributed by atoms with van der Waals surface area (Å²) < 4.78 is 24.6. The average molecular weight is 391 g/mol. The number of benzene rings is 1. The van der Waals surface area contributed by atoms with Gasteiger partial charge in [-0.2, -0.15) is 0 Å². The minimum absolute atomic E-state index is 0.186. The zero-order valence-corrected chi connectivity index (χ0v) is 15.8. The monoisotopic (exact) mass is 391 g/mol. The Bertz CT molecular complexity index is 1050. The molecule has 0 saturated heterocycles. The zero-order valence-electron chi connectivity index (χ0n) is 14.2. The van der Waals surface area contributed by atoms with Crippen molar-refractivity contribution in [2.45, 2.75) is 31.1 Å². The molecule has 3 heterocycles. The summed E-state index contributed by atoms with van der Waals surface area (Å²) in [5.74, 6) is 0.373. The van der Waals surface area contributed by atoms with E-state index < -0.39 is 21.9 Å². The lowest BCUT2D eigenvalue weighted by Crippen LogP contribution is -2.34. The summed E-state index contributed by atoms with van der Waals surface area (Å²) >= 11 is 1.17. The molecule has 0 fully saturated rings. The Balaban J connectivity index is 1.65. The summed E-state index contributed by atoms with van der Waals surface area (Å²) in [5, 5.41) is 4.47. The number of carbonyl (C=O) groups is 2. The first-order chi connectivity index (χ1) is 12.4. The van der Waals surface area contributed by atoms with Gasteiger partial charge in [-0.15, -0.1) is 15.7 Å². The Kier molecular flexibility index (Phi) is 4.00. The van der Waals surface area contributed by atoms with Crippen molar-refractivity contribution in [1.82, 2.24) is 4.72 Å². The van der Waals surface area contributed by atoms with Crippen LogP contribution in [0.1, 0.15) is 40.6 Å². The predicted octanol–water partition coefficient (Wildman–Crippen LogP) is 3.52. The van der Waals surface area contributed by atoms with Gasteiger partial charge in [0, 0.05) is 12.0 Å². The molecule has 2 aromatic rings. The van der Waals surface area contributed by atoms with E-state index in [0.29, 0.717) is 23.6 Å². The fourth-order valence-electron chi connectivity index (χ4n) is 3.14. The van der Waals surface area contributed by atoms with Crippen LogP contribution in [-0.4, -0.2) is 22.8 Å². The summed E-state index contributed by atoms with van der Waals surface area (Å²) in [7, 11) is -3.29. The van der Waals surface area contributed by atoms with Gasteiger partial charge < -0.3 is 10.1 Å². The van der Waals surface area contributed by atoms with Gasteiger partial charge in [0.25, 0.3) is 5.91 Å². The van der Waals surface area contributed by atoms with Crippen LogP contribution in [0.5, 0.6) is 5.75 Å². The van der Waals surface area contributed by atoms with Gasteiger partial charge in [-0.05, 0) is 29.0 Å². The largest absolute Gasteiger partial charge is 0.493 e. The van der Waals surface area contributed by atoms with E-state index in [-0.39, 0.29) is 10.8 Å². The molecule has 0 spiro atoms. The average Bonchev–Trinajstić information content (AvgIpc) is 3.27. The molecule has 2 N–H and O–H groups in total. The molecule has 26 heavy (non-hydrogen) atoms. The van der Waals surface area contributed by atoms with Crippen LogP contribution in [0, 0.1) is 0 Å². The van der Waals surface area contributed by atoms with Crippen molar-refractivity contribution in [2.75, 3.05) is 11.9 Å². The Hall–Kier alpha value is -2.39. The third-order valence-corrected chi connectivity index (χ3v) is 7.19. The predicted molar refractivity (Wildman–Crippen MR) is 99.4 cm³/mol. The third-order valence-electron chi connectivity index (χ3n) is 4.34. The molecule has 0 saturated carbocycles. The molecule has 9 heteroatoms. The molecule has 1 aromatic carbocycles. The van der Waals surface area contributed by atoms with Crippen LogP contribution in [0.15, 0.2) is 32.8 Å². The van der Waals surface area contributed by atoms with E-state index in [1.165, 1.54) is 11.3 Å². The summed E-state index contributed by atoms with van der Waals surface area (Å²) in [6, 6.07) is 4.73. The van der Waals surface area contributed by atoms with Gasteiger partial charge in [-0.25, -0.2) is 13.7 Å². The van der Waals surface area contributed by atoms with Crippen LogP contribution in [-0.2, 0) is 16.3 Å². The molecular weight excluding hydrogens is 374 g/mol. The maximum atomic E-state index is 13.0. The fraction of sp³-hybridized carbons (Fsp3) is 0.294. The van der Waals surface area contributed by atoms with E-state index in [1.807, 2.05) is 26.0 Å². The van der Waals surface area contributed by atoms with Gasteiger partial charge in [0.05, 0.1) is 17.2 Å². The van der Waals surface area contributed by atoms with Gasteiger partial charge in [0.15, 0.2) is 9.92 Å². The van der Waals surface area contributed by atoms with Crippen molar-refractivity contribution in [1.29, 1.82) is 0 Å². The van der Waals surface area contributed by atoms with Crippen molar-refractivity contribution in [3.8, 4) is 5.75 Å². The lowest BCUT2D eigenvalue weighted by molar-refractivity contribution is 0.101. The number of thiophene rings is 1. The highest BCUT2D eigenvalue weighted by atomic mass is 32.2. The molecule has 1 aromatic heterocycles. The number of carbonyl (C=O) groups excluding carboxylic acids is 2. The second-order valence-corrected chi connectivity index (χ2v) is 9.15. The number of anilines is 1. The molecule has 0 aliphatic carbocycles. The van der Waals surface area contributed by atoms with Gasteiger partial charge in [0.1, 0.15) is 10.6 Å². The highest BCUT2D eigenvalue weighted by molar-refractivity contribution is 7.93. The number of fused-ring (bicyclic) bond motifs is 2. The summed E-state index contributed by atoms with van der Waals surface area (Å²) in [5.41, 5.74) is 2.57. The van der Waals surface area contributed by atoms with Crippen molar-refractivity contribution < 1.29 is 18.5 Å². The molecule has 3 amide bonds. The van der Waals surface area contributed by atoms with E-state index in [1.54, 1.807) is 11.4 Å². The number of nitrogens with one attached hydrogen (secondary N) is 2. The number of hydrogen-bond donors (Lipinski definition) is 2. The van der Waals surface area contributed by atoms with Crippen LogP contribution in [0.3, 0.4) is 0 Å². The number of rotatable bonds is 3. The van der Waals surface area contributed by atoms with E-state index in [2.05, 4.69) is 14.4 Å². The SMILES string of the molecule is CC(C)c1ccc2c(c1NC(=O)NS1(=O)=NC(=O)c3sccc31)CCO2. The number of nitrogens with zero attached hydrogens (tertiary/aromatic N) is 1. The molecule has 4 rings (SSSR count). The maximum Gasteiger partial charge on any atom is 0.331 e. The van der Waals surface area contributed by atoms with Crippen LogP contribution in [0.4, 0.5) is 10.5 Å². The Labute approximate surface area is 155 Å². The highest BCUT2D eigenvalue weighted by Gasteiger charge is 2.32. The van der Waals surface area contributed by atoms with Gasteiger partial charge in [-0.3, -0.25) is 4.79 Å². The Morgan fingerprint density at radius 1 is 1.35 bits per heavy atom. The molecular formula is C17H17N3O4S2. The fourth-order valence-corrected chi connectivity index (χ4v) is 5.91. The topological polar surface area (TPSA) is 96.9 Å². The number of ether oxygens (including phenoxy) is 1. The molecule has 0 radical (unpaired) electrons. The lowest BCUT2D eigenvalue weighted by atomic mass is 9.96. The molecule has 1 atom stereocenters. The van der Waals surface area contributed by atoms with Crippen LogP contribution in [0.25, 0.3) is 0 Å². The van der Waals surface area contributed by atoms with Crippen molar-refractivity contribution in [2.24, 2.45) is 4.36 Å².